The van der Waals surface area contributed by atoms with Crippen molar-refractivity contribution in [2.24, 2.45) is 0 Å². The number of rotatable bonds is 4. The Morgan fingerprint density at radius 2 is 2.17 bits per heavy atom. The van der Waals surface area contributed by atoms with Crippen molar-refractivity contribution in [1.29, 1.82) is 5.41 Å². The van der Waals surface area contributed by atoms with Gasteiger partial charge in [0.25, 0.3) is 0 Å². The van der Waals surface area contributed by atoms with Gasteiger partial charge in [0.2, 0.25) is 0 Å². The third kappa shape index (κ3) is 2.87. The number of nitrogens with one attached hydrogen (secondary N) is 3. The number of H-pyrrole nitrogens is 1. The Kier molecular flexibility index (Phi) is 3.84. The van der Waals surface area contributed by atoms with Gasteiger partial charge in [0, 0.05) is 12.2 Å². The summed E-state index contributed by atoms with van der Waals surface area (Å²) in [5.74, 6) is 0.306. The molecule has 0 saturated carbocycles. The molecule has 0 spiro atoms. The molecule has 0 fully saturated rings. The van der Waals surface area contributed by atoms with Crippen LogP contribution in [0, 0.1) is 5.41 Å². The third-order valence-electron chi connectivity index (χ3n) is 3.38. The maximum atomic E-state index is 12.8. The maximum Gasteiger partial charge on any atom is 0.416 e. The van der Waals surface area contributed by atoms with Crippen LogP contribution in [0.1, 0.15) is 5.56 Å². The first-order valence-electron chi connectivity index (χ1n) is 6.93. The summed E-state index contributed by atoms with van der Waals surface area (Å²) in [5.41, 5.74) is -0.103. The second kappa shape index (κ2) is 5.84. The Hall–Kier alpha value is -3.10. The summed E-state index contributed by atoms with van der Waals surface area (Å²) < 4.78 is 39.9. The van der Waals surface area contributed by atoms with Gasteiger partial charge in [-0.25, -0.2) is 4.98 Å². The zero-order valence-electron chi connectivity index (χ0n) is 12.4. The number of hydrogen-bond acceptors (Lipinski definition) is 4. The van der Waals surface area contributed by atoms with Gasteiger partial charge in [0.1, 0.15) is 16.7 Å². The van der Waals surface area contributed by atoms with E-state index in [0.717, 1.165) is 12.1 Å². The number of benzene rings is 1. The number of anilines is 2. The third-order valence-corrected chi connectivity index (χ3v) is 3.38. The maximum absolute atomic E-state index is 12.8. The molecule has 0 amide bonds. The lowest BCUT2D eigenvalue weighted by Crippen LogP contribution is -2.20. The number of fused-ring (bicyclic) bond motifs is 1. The van der Waals surface area contributed by atoms with E-state index < -0.39 is 11.7 Å². The first-order valence-corrected chi connectivity index (χ1v) is 6.93. The molecule has 24 heavy (non-hydrogen) atoms. The highest BCUT2D eigenvalue weighted by Gasteiger charge is 2.30. The number of aromatic nitrogens is 4. The fourth-order valence-electron chi connectivity index (χ4n) is 2.26. The Labute approximate surface area is 134 Å². The summed E-state index contributed by atoms with van der Waals surface area (Å²) in [5, 5.41) is 18.1. The molecular weight excluding hydrogens is 321 g/mol. The van der Waals surface area contributed by atoms with E-state index in [2.05, 4.69) is 27.1 Å². The number of nitrogens with zero attached hydrogens (tertiary/aromatic N) is 3. The zero-order valence-corrected chi connectivity index (χ0v) is 12.4. The van der Waals surface area contributed by atoms with Gasteiger partial charge >= 0.3 is 6.18 Å². The van der Waals surface area contributed by atoms with E-state index in [9.17, 15) is 13.2 Å². The average molecular weight is 334 g/mol. The molecule has 9 heteroatoms. The quantitative estimate of drug-likeness (QED) is 0.641. The van der Waals surface area contributed by atoms with Gasteiger partial charge in [-0.05, 0) is 18.2 Å². The van der Waals surface area contributed by atoms with Crippen molar-refractivity contribution in [1.82, 2.24) is 19.7 Å². The Balaban J connectivity index is 2.03. The highest BCUT2D eigenvalue weighted by Crippen LogP contribution is 2.31. The van der Waals surface area contributed by atoms with E-state index in [0.29, 0.717) is 23.4 Å². The van der Waals surface area contributed by atoms with E-state index in [4.69, 9.17) is 5.41 Å². The van der Waals surface area contributed by atoms with Crippen LogP contribution in [0.15, 0.2) is 43.2 Å². The highest BCUT2D eigenvalue weighted by atomic mass is 19.4. The van der Waals surface area contributed by atoms with Gasteiger partial charge in [0.15, 0.2) is 5.65 Å². The van der Waals surface area contributed by atoms with Crippen LogP contribution in [0.4, 0.5) is 24.7 Å². The molecular formula is C15H13F3N6. The fourth-order valence-corrected chi connectivity index (χ4v) is 2.26. The van der Waals surface area contributed by atoms with Crippen molar-refractivity contribution >= 4 is 22.5 Å². The summed E-state index contributed by atoms with van der Waals surface area (Å²) in [4.78, 5) is 4.11. The van der Waals surface area contributed by atoms with Gasteiger partial charge in [0.05, 0.1) is 11.9 Å². The van der Waals surface area contributed by atoms with Crippen LogP contribution in [0.2, 0.25) is 0 Å². The SMILES string of the molecule is C=CCn1cnc2n[nH]c(Nc3cccc(C(F)(F)F)c3)c2c1=N. The lowest BCUT2D eigenvalue weighted by atomic mass is 10.2. The summed E-state index contributed by atoms with van der Waals surface area (Å²) >= 11 is 0. The van der Waals surface area contributed by atoms with E-state index in [1.165, 1.54) is 18.5 Å². The molecule has 0 atom stereocenters. The summed E-state index contributed by atoms with van der Waals surface area (Å²) in [6.45, 7) is 3.99. The van der Waals surface area contributed by atoms with Crippen molar-refractivity contribution in [3.05, 3.63) is 54.3 Å². The molecule has 2 heterocycles. The molecule has 3 rings (SSSR count). The number of allylic oxidation sites excluding steroid dienone is 1. The lowest BCUT2D eigenvalue weighted by molar-refractivity contribution is -0.137. The predicted molar refractivity (Wildman–Crippen MR) is 82.7 cm³/mol. The van der Waals surface area contributed by atoms with Crippen LogP contribution in [0.5, 0.6) is 0 Å². The van der Waals surface area contributed by atoms with Crippen molar-refractivity contribution < 1.29 is 13.2 Å². The van der Waals surface area contributed by atoms with E-state index >= 15 is 0 Å². The van der Waals surface area contributed by atoms with Crippen molar-refractivity contribution in [2.45, 2.75) is 12.7 Å². The fraction of sp³-hybridized carbons (Fsp3) is 0.133. The van der Waals surface area contributed by atoms with Crippen LogP contribution >= 0.6 is 0 Å². The highest BCUT2D eigenvalue weighted by molar-refractivity contribution is 5.87. The minimum Gasteiger partial charge on any atom is -0.340 e. The molecule has 0 bridgehead atoms. The molecule has 6 nitrogen and oxygen atoms in total. The van der Waals surface area contributed by atoms with E-state index in [1.807, 2.05) is 0 Å². The molecule has 0 aliphatic carbocycles. The lowest BCUT2D eigenvalue weighted by Gasteiger charge is -2.10. The van der Waals surface area contributed by atoms with Crippen LogP contribution in [0.25, 0.3) is 11.0 Å². The van der Waals surface area contributed by atoms with Gasteiger partial charge in [-0.15, -0.1) is 6.58 Å². The predicted octanol–water partition coefficient (Wildman–Crippen LogP) is 3.19. The normalized spacial score (nSPS) is 11.6. The largest absolute Gasteiger partial charge is 0.416 e. The summed E-state index contributed by atoms with van der Waals surface area (Å²) in [6, 6.07) is 4.79. The van der Waals surface area contributed by atoms with E-state index in [1.54, 1.807) is 10.6 Å². The standard InChI is InChI=1S/C15H13F3N6/c1-2-6-24-8-20-13-11(12(24)19)14(23-22-13)21-10-5-3-4-9(7-10)15(16,17)18/h2-5,7-8,19H,1,6H2,(H2,21,22,23). The van der Waals surface area contributed by atoms with Gasteiger partial charge in [-0.1, -0.05) is 12.1 Å². The summed E-state index contributed by atoms with van der Waals surface area (Å²) in [7, 11) is 0. The molecule has 0 aliphatic rings. The van der Waals surface area contributed by atoms with Crippen molar-refractivity contribution in [3.63, 3.8) is 0 Å². The van der Waals surface area contributed by atoms with Crippen LogP contribution in [-0.4, -0.2) is 19.7 Å². The topological polar surface area (TPSA) is 82.4 Å². The first kappa shape index (κ1) is 15.8. The second-order valence-corrected chi connectivity index (χ2v) is 5.03. The second-order valence-electron chi connectivity index (χ2n) is 5.03. The van der Waals surface area contributed by atoms with Crippen LogP contribution in [0.3, 0.4) is 0 Å². The number of alkyl halides is 3. The number of halogens is 3. The monoisotopic (exact) mass is 334 g/mol. The molecule has 0 saturated heterocycles. The average Bonchev–Trinajstić information content (AvgIpc) is 2.93. The molecule has 2 aromatic heterocycles. The van der Waals surface area contributed by atoms with E-state index in [-0.39, 0.29) is 11.2 Å². The zero-order chi connectivity index (χ0) is 17.3. The molecule has 3 N–H and O–H groups in total. The van der Waals surface area contributed by atoms with Gasteiger partial charge < -0.3 is 9.88 Å². The van der Waals surface area contributed by atoms with Crippen molar-refractivity contribution in [2.75, 3.05) is 5.32 Å². The Morgan fingerprint density at radius 1 is 1.38 bits per heavy atom. The number of aromatic amines is 1. The molecule has 1 aromatic carbocycles. The van der Waals surface area contributed by atoms with Gasteiger partial charge in [-0.3, -0.25) is 10.5 Å². The molecule has 0 unspecified atom stereocenters. The van der Waals surface area contributed by atoms with Crippen molar-refractivity contribution in [3.8, 4) is 0 Å². The molecule has 3 aromatic rings. The van der Waals surface area contributed by atoms with Crippen LogP contribution < -0.4 is 10.8 Å². The molecule has 0 aliphatic heterocycles. The smallest absolute Gasteiger partial charge is 0.340 e. The first-order chi connectivity index (χ1) is 11.4. The van der Waals surface area contributed by atoms with Crippen LogP contribution in [-0.2, 0) is 12.7 Å². The minimum atomic E-state index is -4.43. The minimum absolute atomic E-state index is 0.128. The van der Waals surface area contributed by atoms with Gasteiger partial charge in [-0.2, -0.15) is 18.3 Å². The molecule has 124 valence electrons. The molecule has 0 radical (unpaired) electrons. The Bertz CT molecular complexity index is 954. The summed E-state index contributed by atoms with van der Waals surface area (Å²) in [6.07, 6.45) is -1.35. The number of hydrogen-bond donors (Lipinski definition) is 3. The Morgan fingerprint density at radius 3 is 2.88 bits per heavy atom.